The molecular weight excluding hydrogens is 416 g/mol. The Morgan fingerprint density at radius 2 is 1.76 bits per heavy atom. The molecule has 4 heteroatoms. The molecule has 0 fully saturated rings. The Labute approximate surface area is 202 Å². The van der Waals surface area contributed by atoms with Gasteiger partial charge in [-0.1, -0.05) is 55.0 Å². The van der Waals surface area contributed by atoms with Gasteiger partial charge in [0.1, 0.15) is 0 Å². The number of nitrogens with one attached hydrogen (secondary N) is 1. The van der Waals surface area contributed by atoms with Crippen LogP contribution in [0.2, 0.25) is 0 Å². The van der Waals surface area contributed by atoms with Crippen molar-refractivity contribution in [2.45, 2.75) is 40.5 Å². The van der Waals surface area contributed by atoms with Crippen LogP contribution in [0.3, 0.4) is 0 Å². The minimum absolute atomic E-state index is 0.722. The molecule has 0 spiro atoms. The third-order valence-electron chi connectivity index (χ3n) is 5.92. The fraction of sp³-hybridized carbons (Fsp3) is 0.200. The molecule has 3 aromatic carbocycles. The zero-order valence-corrected chi connectivity index (χ0v) is 20.4. The predicted molar refractivity (Wildman–Crippen MR) is 146 cm³/mol. The van der Waals surface area contributed by atoms with Crippen LogP contribution < -0.4 is 11.1 Å². The molecule has 0 atom stereocenters. The van der Waals surface area contributed by atoms with Gasteiger partial charge >= 0.3 is 0 Å². The van der Waals surface area contributed by atoms with Crippen molar-refractivity contribution in [1.82, 2.24) is 0 Å². The molecule has 34 heavy (non-hydrogen) atoms. The fourth-order valence-electron chi connectivity index (χ4n) is 4.01. The Bertz CT molecular complexity index is 1310. The number of anilines is 2. The summed E-state index contributed by atoms with van der Waals surface area (Å²) in [7, 11) is 0. The number of nitrogens with two attached hydrogens (primary N) is 1. The van der Waals surface area contributed by atoms with Crippen LogP contribution in [-0.2, 0) is 6.42 Å². The molecule has 3 N–H and O–H groups in total. The molecule has 4 rings (SSSR count). The summed E-state index contributed by atoms with van der Waals surface area (Å²) in [6.45, 7) is 8.40. The first-order chi connectivity index (χ1) is 16.4. The van der Waals surface area contributed by atoms with Crippen LogP contribution in [0.5, 0.6) is 0 Å². The number of para-hydroxylation sites is 1. The lowest BCUT2D eigenvalue weighted by atomic mass is 10.0. The number of rotatable bonds is 6. The maximum atomic E-state index is 6.03. The molecule has 3 aromatic rings. The smallest absolute Gasteiger partial charge is 0.0872 e. The molecule has 0 radical (unpaired) electrons. The maximum Gasteiger partial charge on any atom is 0.0872 e. The standard InChI is InChI=1S/C30H32N4/c1-5-23-13-20(2)14-24(17-23)19-32-28-18-30(33-25-9-7-6-8-10-25)29(16-22(28)4)34-26-11-12-27(31)21(3)15-26/h6-10,12-19,33H,5,11,31H2,1-4H3. The lowest BCUT2D eigenvalue weighted by Crippen LogP contribution is -2.07. The average molecular weight is 449 g/mol. The Morgan fingerprint density at radius 1 is 0.971 bits per heavy atom. The predicted octanol–water partition coefficient (Wildman–Crippen LogP) is 7.63. The molecule has 4 nitrogen and oxygen atoms in total. The van der Waals surface area contributed by atoms with Crippen molar-refractivity contribution < 1.29 is 0 Å². The highest BCUT2D eigenvalue weighted by atomic mass is 14.9. The summed E-state index contributed by atoms with van der Waals surface area (Å²) < 4.78 is 0. The monoisotopic (exact) mass is 448 g/mol. The Morgan fingerprint density at radius 3 is 2.50 bits per heavy atom. The molecule has 0 aromatic heterocycles. The molecule has 172 valence electrons. The van der Waals surface area contributed by atoms with Crippen LogP contribution >= 0.6 is 0 Å². The van der Waals surface area contributed by atoms with Gasteiger partial charge in [0.25, 0.3) is 0 Å². The largest absolute Gasteiger partial charge is 0.399 e. The van der Waals surface area contributed by atoms with Crippen LogP contribution in [0.15, 0.2) is 94.1 Å². The van der Waals surface area contributed by atoms with E-state index in [0.717, 1.165) is 63.7 Å². The number of aryl methyl sites for hydroxylation is 3. The molecule has 1 aliphatic rings. The number of hydrogen-bond acceptors (Lipinski definition) is 4. The summed E-state index contributed by atoms with van der Waals surface area (Å²) in [6.07, 6.45) is 7.77. The molecule has 0 unspecified atom stereocenters. The van der Waals surface area contributed by atoms with E-state index in [1.807, 2.05) is 49.5 Å². The summed E-state index contributed by atoms with van der Waals surface area (Å²) in [5.41, 5.74) is 17.4. The van der Waals surface area contributed by atoms with Crippen LogP contribution in [0.25, 0.3) is 0 Å². The zero-order chi connectivity index (χ0) is 24.1. The van der Waals surface area contributed by atoms with Crippen molar-refractivity contribution in [3.05, 3.63) is 106 Å². The van der Waals surface area contributed by atoms with Gasteiger partial charge in [-0.25, -0.2) is 0 Å². The van der Waals surface area contributed by atoms with Gasteiger partial charge in [-0.05, 0) is 79.8 Å². The third-order valence-corrected chi connectivity index (χ3v) is 5.92. The van der Waals surface area contributed by atoms with Gasteiger partial charge in [0, 0.05) is 29.7 Å². The van der Waals surface area contributed by atoms with Crippen LogP contribution in [-0.4, -0.2) is 11.9 Å². The fourth-order valence-corrected chi connectivity index (χ4v) is 4.01. The van der Waals surface area contributed by atoms with E-state index in [0.29, 0.717) is 0 Å². The maximum absolute atomic E-state index is 6.03. The normalized spacial score (nSPS) is 14.9. The molecule has 0 bridgehead atoms. The van der Waals surface area contributed by atoms with Crippen molar-refractivity contribution in [2.24, 2.45) is 15.7 Å². The highest BCUT2D eigenvalue weighted by molar-refractivity contribution is 6.01. The van der Waals surface area contributed by atoms with E-state index in [1.165, 1.54) is 11.1 Å². The van der Waals surface area contributed by atoms with Crippen LogP contribution in [0.1, 0.15) is 42.5 Å². The van der Waals surface area contributed by atoms with E-state index in [9.17, 15) is 0 Å². The number of hydrogen-bond donors (Lipinski definition) is 2. The van der Waals surface area contributed by atoms with Gasteiger partial charge in [0.15, 0.2) is 0 Å². The minimum Gasteiger partial charge on any atom is -0.399 e. The van der Waals surface area contributed by atoms with E-state index in [4.69, 9.17) is 15.7 Å². The molecule has 0 aliphatic heterocycles. The molecular formula is C30H32N4. The van der Waals surface area contributed by atoms with E-state index < -0.39 is 0 Å². The first-order valence-corrected chi connectivity index (χ1v) is 11.7. The quantitative estimate of drug-likeness (QED) is 0.381. The second-order valence-electron chi connectivity index (χ2n) is 8.80. The Balaban J connectivity index is 1.73. The van der Waals surface area contributed by atoms with E-state index >= 15 is 0 Å². The second kappa shape index (κ2) is 10.3. The van der Waals surface area contributed by atoms with Gasteiger partial charge in [-0.15, -0.1) is 0 Å². The SMILES string of the molecule is CCc1cc(C)cc(C=Nc2cc(Nc3ccccc3)c(N=C3C=C(C)C(N)=CC3)cc2C)c1. The molecule has 0 heterocycles. The average Bonchev–Trinajstić information content (AvgIpc) is 2.82. The highest BCUT2D eigenvalue weighted by Crippen LogP contribution is 2.36. The summed E-state index contributed by atoms with van der Waals surface area (Å²) in [4.78, 5) is 9.83. The number of aliphatic imine (C=N–C) groups is 2. The Kier molecular flexibility index (Phi) is 7.07. The van der Waals surface area contributed by atoms with Gasteiger partial charge in [-0.3, -0.25) is 9.98 Å². The van der Waals surface area contributed by atoms with Crippen molar-refractivity contribution >= 4 is 34.7 Å². The highest BCUT2D eigenvalue weighted by Gasteiger charge is 2.11. The molecule has 0 amide bonds. The van der Waals surface area contributed by atoms with Gasteiger partial charge in [-0.2, -0.15) is 0 Å². The van der Waals surface area contributed by atoms with Crippen LogP contribution in [0, 0.1) is 13.8 Å². The lowest BCUT2D eigenvalue weighted by molar-refractivity contribution is 1.13. The van der Waals surface area contributed by atoms with Gasteiger partial charge in [0.05, 0.1) is 17.1 Å². The van der Waals surface area contributed by atoms with Crippen LogP contribution in [0.4, 0.5) is 22.7 Å². The van der Waals surface area contributed by atoms with Crippen molar-refractivity contribution in [3.8, 4) is 0 Å². The van der Waals surface area contributed by atoms with E-state index in [-0.39, 0.29) is 0 Å². The lowest BCUT2D eigenvalue weighted by Gasteiger charge is -2.15. The summed E-state index contributed by atoms with van der Waals surface area (Å²) >= 11 is 0. The molecule has 0 saturated carbocycles. The van der Waals surface area contributed by atoms with Crippen molar-refractivity contribution in [1.29, 1.82) is 0 Å². The summed E-state index contributed by atoms with van der Waals surface area (Å²) in [5, 5.41) is 3.53. The summed E-state index contributed by atoms with van der Waals surface area (Å²) in [5.74, 6) is 0. The number of benzene rings is 3. The molecule has 0 saturated heterocycles. The second-order valence-corrected chi connectivity index (χ2v) is 8.80. The number of allylic oxidation sites excluding steroid dienone is 3. The van der Waals surface area contributed by atoms with Gasteiger partial charge < -0.3 is 11.1 Å². The minimum atomic E-state index is 0.722. The van der Waals surface area contributed by atoms with Crippen molar-refractivity contribution in [3.63, 3.8) is 0 Å². The van der Waals surface area contributed by atoms with E-state index in [1.54, 1.807) is 0 Å². The topological polar surface area (TPSA) is 62.8 Å². The summed E-state index contributed by atoms with van der Waals surface area (Å²) in [6, 6.07) is 20.9. The number of nitrogens with zero attached hydrogens (tertiary/aromatic N) is 2. The zero-order valence-electron chi connectivity index (χ0n) is 20.4. The first kappa shape index (κ1) is 23.2. The first-order valence-electron chi connectivity index (χ1n) is 11.7. The van der Waals surface area contributed by atoms with E-state index in [2.05, 4.69) is 62.5 Å². The van der Waals surface area contributed by atoms with Crippen molar-refractivity contribution in [2.75, 3.05) is 5.32 Å². The third kappa shape index (κ3) is 5.70. The van der Waals surface area contributed by atoms with Gasteiger partial charge in [0.2, 0.25) is 0 Å². The Hall–Kier alpha value is -3.92. The molecule has 1 aliphatic carbocycles.